The van der Waals surface area contributed by atoms with Gasteiger partial charge in [0.2, 0.25) is 0 Å². The van der Waals surface area contributed by atoms with E-state index >= 15 is 0 Å². The molecular formula is C57H45CrO3P3. The van der Waals surface area contributed by atoms with Gasteiger partial charge in [0.15, 0.2) is 0 Å². The van der Waals surface area contributed by atoms with Crippen LogP contribution < -0.4 is 47.7 Å². The maximum atomic E-state index is 7.50. The molecule has 7 heteroatoms. The first-order valence-electron chi connectivity index (χ1n) is 19.8. The van der Waals surface area contributed by atoms with Gasteiger partial charge in [-0.3, -0.25) is 0 Å². The first-order chi connectivity index (χ1) is 31.3. The van der Waals surface area contributed by atoms with Crippen molar-refractivity contribution in [2.24, 2.45) is 0 Å². The number of rotatable bonds is 9. The molecule has 0 saturated heterocycles. The van der Waals surface area contributed by atoms with E-state index in [-0.39, 0.29) is 17.4 Å². The Labute approximate surface area is 393 Å². The van der Waals surface area contributed by atoms with Gasteiger partial charge in [0.1, 0.15) is 0 Å². The number of hydrogen-bond donors (Lipinski definition) is 0. The van der Waals surface area contributed by atoms with Gasteiger partial charge in [0, 0.05) is 17.4 Å². The van der Waals surface area contributed by atoms with E-state index < -0.39 is 23.8 Å². The van der Waals surface area contributed by atoms with Gasteiger partial charge in [0.05, 0.1) is 0 Å². The summed E-state index contributed by atoms with van der Waals surface area (Å²) in [7, 11) is -1.34. The van der Waals surface area contributed by atoms with Gasteiger partial charge < -0.3 is 0 Å². The largest absolute Gasteiger partial charge is 0.0622 e. The second-order valence-corrected chi connectivity index (χ2v) is 19.7. The topological polar surface area (TPSA) is 59.7 Å². The molecule has 0 unspecified atom stereocenters. The van der Waals surface area contributed by atoms with Crippen molar-refractivity contribution in [2.45, 2.75) is 0 Å². The van der Waals surface area contributed by atoms with Crippen molar-refractivity contribution in [1.29, 1.82) is 0 Å². The fraction of sp³-hybridized carbons (Fsp3) is 0. The first kappa shape index (κ1) is 52.4. The third-order valence-corrected chi connectivity index (χ3v) is 16.5. The van der Waals surface area contributed by atoms with Crippen LogP contribution in [0.5, 0.6) is 0 Å². The molecule has 0 bridgehead atoms. The molecule has 9 aromatic rings. The van der Waals surface area contributed by atoms with Crippen LogP contribution in [0.1, 0.15) is 0 Å². The standard InChI is InChI=1S/3C18H15P.3CO.Cr/c3*1-4-10-16(11-5-1)19(17-12-6-2-7-13-17)18-14-8-3-9-15-18;3*1-2;/h3*1-15H;;;;. The quantitative estimate of drug-likeness (QED) is 0.0787. The second-order valence-electron chi connectivity index (χ2n) is 13.0. The van der Waals surface area contributed by atoms with Crippen LogP contribution in [0.3, 0.4) is 0 Å². The SMILES string of the molecule is [C-]#[O+].[C-]#[O+].[C-]#[O+].[Cr].c1ccc(P(c2ccccc2)c2ccccc2)cc1.c1ccc(P(c2ccccc2)c2ccccc2)cc1.c1ccc(P(c2ccccc2)c2ccccc2)cc1. The second kappa shape index (κ2) is 31.8. The Bertz CT molecular complexity index is 2010. The van der Waals surface area contributed by atoms with Crippen LogP contribution in [0.2, 0.25) is 0 Å². The molecule has 0 heterocycles. The molecule has 0 aliphatic carbocycles. The molecule has 0 aromatic heterocycles. The van der Waals surface area contributed by atoms with Crippen LogP contribution in [0, 0.1) is 20.0 Å². The zero-order valence-electron chi connectivity index (χ0n) is 35.0. The Morgan fingerprint density at radius 2 is 0.250 bits per heavy atom. The Balaban J connectivity index is 0.000000239. The van der Waals surface area contributed by atoms with Gasteiger partial charge in [-0.1, -0.05) is 273 Å². The van der Waals surface area contributed by atoms with Crippen LogP contribution in [-0.4, -0.2) is 0 Å². The third kappa shape index (κ3) is 16.3. The van der Waals surface area contributed by atoms with E-state index in [1.165, 1.54) is 47.7 Å². The minimum Gasteiger partial charge on any atom is -0.0622 e. The molecular weight excluding hydrogens is 878 g/mol. The van der Waals surface area contributed by atoms with Gasteiger partial charge in [-0.25, -0.2) is 0 Å². The van der Waals surface area contributed by atoms with E-state index in [2.05, 4.69) is 293 Å². The van der Waals surface area contributed by atoms with Crippen molar-refractivity contribution < 1.29 is 31.3 Å². The molecule has 0 aliphatic heterocycles. The molecule has 0 atom stereocenters. The maximum absolute atomic E-state index is 7.50. The van der Waals surface area contributed by atoms with Crippen LogP contribution in [0.4, 0.5) is 0 Å². The molecule has 0 radical (unpaired) electrons. The zero-order chi connectivity index (χ0) is 44.7. The number of benzene rings is 9. The van der Waals surface area contributed by atoms with Crippen LogP contribution in [0.15, 0.2) is 273 Å². The van der Waals surface area contributed by atoms with E-state index in [1.807, 2.05) is 0 Å². The molecule has 0 aliphatic rings. The summed E-state index contributed by atoms with van der Waals surface area (Å²) in [4.78, 5) is 0. The van der Waals surface area contributed by atoms with Crippen LogP contribution in [-0.2, 0) is 31.3 Å². The van der Waals surface area contributed by atoms with Crippen molar-refractivity contribution >= 4 is 71.5 Å². The summed E-state index contributed by atoms with van der Waals surface area (Å²) in [5, 5.41) is 12.6. The van der Waals surface area contributed by atoms with Crippen molar-refractivity contribution in [1.82, 2.24) is 0 Å². The van der Waals surface area contributed by atoms with Crippen LogP contribution >= 0.6 is 23.8 Å². The number of hydrogen-bond acceptors (Lipinski definition) is 0. The zero-order valence-corrected chi connectivity index (χ0v) is 38.9. The summed E-state index contributed by atoms with van der Waals surface area (Å²) in [6.07, 6.45) is 0. The average molecular weight is 923 g/mol. The molecule has 3 nitrogen and oxygen atoms in total. The molecule has 312 valence electrons. The minimum absolute atomic E-state index is 0. The van der Waals surface area contributed by atoms with Crippen molar-refractivity contribution in [3.63, 3.8) is 0 Å². The Hall–Kier alpha value is -5.98. The Morgan fingerprint density at radius 3 is 0.328 bits per heavy atom. The summed E-state index contributed by atoms with van der Waals surface area (Å²) in [5.41, 5.74) is 0. The Kier molecular flexibility index (Phi) is 26.0. The molecule has 0 spiro atoms. The van der Waals surface area contributed by atoms with Gasteiger partial charge in [-0.2, -0.15) is 0 Å². The van der Waals surface area contributed by atoms with E-state index in [4.69, 9.17) is 14.0 Å². The molecule has 0 N–H and O–H groups in total. The summed E-state index contributed by atoms with van der Waals surface area (Å²) in [5.74, 6) is 0. The third-order valence-electron chi connectivity index (χ3n) is 9.13. The van der Waals surface area contributed by atoms with Gasteiger partial charge in [0.25, 0.3) is 0 Å². The monoisotopic (exact) mass is 922 g/mol. The summed E-state index contributed by atoms with van der Waals surface area (Å²) in [6, 6.07) is 97.0. The van der Waals surface area contributed by atoms with E-state index in [1.54, 1.807) is 0 Å². The fourth-order valence-electron chi connectivity index (χ4n) is 6.54. The normalized spacial score (nSPS) is 9.52. The van der Waals surface area contributed by atoms with Crippen molar-refractivity contribution in [3.8, 4) is 0 Å². The van der Waals surface area contributed by atoms with Crippen molar-refractivity contribution in [2.75, 3.05) is 0 Å². The summed E-state index contributed by atoms with van der Waals surface area (Å²) in [6.45, 7) is 13.5. The molecule has 9 rings (SSSR count). The smallest absolute Gasteiger partial charge is 0 e. The van der Waals surface area contributed by atoms with Crippen LogP contribution in [0.25, 0.3) is 0 Å². The Morgan fingerprint density at radius 1 is 0.172 bits per heavy atom. The predicted molar refractivity (Wildman–Crippen MR) is 267 cm³/mol. The van der Waals surface area contributed by atoms with E-state index in [0.29, 0.717) is 0 Å². The predicted octanol–water partition coefficient (Wildman–Crippen LogP) is 10.2. The van der Waals surface area contributed by atoms with Gasteiger partial charge in [-0.15, -0.1) is 0 Å². The molecule has 0 amide bonds. The average Bonchev–Trinajstić information content (AvgIpc) is 3.39. The van der Waals surface area contributed by atoms with Crippen molar-refractivity contribution in [3.05, 3.63) is 293 Å². The summed E-state index contributed by atoms with van der Waals surface area (Å²) >= 11 is 0. The van der Waals surface area contributed by atoms with E-state index in [0.717, 1.165) is 0 Å². The van der Waals surface area contributed by atoms with Gasteiger partial charge in [-0.05, 0) is 71.5 Å². The maximum Gasteiger partial charge on any atom is 0 e. The molecule has 64 heavy (non-hydrogen) atoms. The van der Waals surface area contributed by atoms with E-state index in [9.17, 15) is 0 Å². The minimum atomic E-state index is -0.446. The molecule has 0 fully saturated rings. The first-order valence-corrected chi connectivity index (χ1v) is 23.8. The summed E-state index contributed by atoms with van der Waals surface area (Å²) < 4.78 is 22.5. The molecule has 0 saturated carbocycles. The fourth-order valence-corrected chi connectivity index (χ4v) is 13.5. The van der Waals surface area contributed by atoms with Gasteiger partial charge >= 0.3 is 33.9 Å². The molecule has 9 aromatic carbocycles.